The van der Waals surface area contributed by atoms with E-state index in [2.05, 4.69) is 0 Å². The minimum Gasteiger partial charge on any atom is -0.311 e. The number of amides is 1. The van der Waals surface area contributed by atoms with Gasteiger partial charge in [0.2, 0.25) is 0 Å². The molecule has 1 heterocycles. The molecule has 26 heavy (non-hydrogen) atoms. The van der Waals surface area contributed by atoms with E-state index in [-0.39, 0.29) is 11.5 Å². The van der Waals surface area contributed by atoms with Crippen molar-refractivity contribution in [2.24, 2.45) is 5.92 Å². The zero-order valence-corrected chi connectivity index (χ0v) is 14.1. The van der Waals surface area contributed by atoms with Gasteiger partial charge in [0.15, 0.2) is 0 Å². The number of carbonyl (C=O) groups excluding carboxylic acids is 1. The van der Waals surface area contributed by atoms with E-state index in [0.717, 1.165) is 24.2 Å². The van der Waals surface area contributed by atoms with Crippen LogP contribution in [0.1, 0.15) is 35.8 Å². The molecule has 0 fully saturated rings. The summed E-state index contributed by atoms with van der Waals surface area (Å²) in [4.78, 5) is 12.1. The molecule has 0 saturated heterocycles. The Bertz CT molecular complexity index is 748. The monoisotopic (exact) mass is 402 g/mol. The smallest absolute Gasteiger partial charge is 0.311 e. The highest BCUT2D eigenvalue weighted by atomic mass is 32.1. The Kier molecular flexibility index (Phi) is 5.29. The molecule has 3 nitrogen and oxygen atoms in total. The maximum atomic E-state index is 13.5. The predicted molar refractivity (Wildman–Crippen MR) is 79.4 cm³/mol. The minimum atomic E-state index is -6.60. The molecule has 1 aliphatic rings. The molecule has 0 aromatic carbocycles. The summed E-state index contributed by atoms with van der Waals surface area (Å²) in [5, 5.41) is 10.1. The number of nitriles is 1. The summed E-state index contributed by atoms with van der Waals surface area (Å²) in [5.74, 6) is -15.1. The summed E-state index contributed by atoms with van der Waals surface area (Å²) in [6.45, 7) is 1.94. The van der Waals surface area contributed by atoms with Crippen LogP contribution in [0.15, 0.2) is 0 Å². The lowest BCUT2D eigenvalue weighted by molar-refractivity contribution is -0.343. The van der Waals surface area contributed by atoms with Gasteiger partial charge in [-0.05, 0) is 30.7 Å². The van der Waals surface area contributed by atoms with E-state index in [1.165, 1.54) is 5.32 Å². The second-order valence-corrected chi connectivity index (χ2v) is 7.04. The number of nitrogens with zero attached hydrogens (tertiary/aromatic N) is 1. The van der Waals surface area contributed by atoms with Crippen LogP contribution >= 0.6 is 11.3 Å². The van der Waals surface area contributed by atoms with Crippen LogP contribution in [0, 0.1) is 17.2 Å². The third-order valence-corrected chi connectivity index (χ3v) is 5.49. The van der Waals surface area contributed by atoms with Gasteiger partial charge in [0.05, 0.1) is 5.56 Å². The quantitative estimate of drug-likeness (QED) is 0.728. The predicted octanol–water partition coefficient (Wildman–Crippen LogP) is 4.91. The van der Waals surface area contributed by atoms with E-state index in [9.17, 15) is 40.8 Å². The van der Waals surface area contributed by atoms with Gasteiger partial charge >= 0.3 is 23.9 Å². The van der Waals surface area contributed by atoms with Crippen LogP contribution in [0.5, 0.6) is 0 Å². The highest BCUT2D eigenvalue weighted by molar-refractivity contribution is 7.16. The number of hydrogen-bond donors (Lipinski definition) is 1. The molecule has 0 bridgehead atoms. The molecule has 11 heteroatoms. The van der Waals surface area contributed by atoms with Crippen molar-refractivity contribution in [1.82, 2.24) is 0 Å². The second kappa shape index (κ2) is 6.72. The first-order valence-electron chi connectivity index (χ1n) is 7.55. The van der Waals surface area contributed by atoms with Crippen molar-refractivity contribution < 1.29 is 35.5 Å². The van der Waals surface area contributed by atoms with Crippen molar-refractivity contribution in [3.05, 3.63) is 16.0 Å². The molecule has 0 spiro atoms. The average molecular weight is 402 g/mol. The first-order valence-corrected chi connectivity index (χ1v) is 8.36. The van der Waals surface area contributed by atoms with E-state index in [1.54, 1.807) is 6.07 Å². The maximum Gasteiger partial charge on any atom is 0.460 e. The fourth-order valence-electron chi connectivity index (χ4n) is 2.71. The number of alkyl halides is 7. The van der Waals surface area contributed by atoms with Gasteiger partial charge in [-0.2, -0.15) is 36.0 Å². The second-order valence-electron chi connectivity index (χ2n) is 5.94. The van der Waals surface area contributed by atoms with Crippen molar-refractivity contribution in [1.29, 1.82) is 5.26 Å². The molecule has 1 atom stereocenters. The third kappa shape index (κ3) is 3.26. The number of hydrogen-bond acceptors (Lipinski definition) is 3. The molecule has 0 saturated carbocycles. The van der Waals surface area contributed by atoms with E-state index in [4.69, 9.17) is 0 Å². The molecular weight excluding hydrogens is 389 g/mol. The van der Waals surface area contributed by atoms with Crippen LogP contribution in [0.25, 0.3) is 0 Å². The highest BCUT2D eigenvalue weighted by Crippen LogP contribution is 2.47. The Balaban J connectivity index is 2.33. The van der Waals surface area contributed by atoms with Gasteiger partial charge in [-0.25, -0.2) is 0 Å². The maximum absolute atomic E-state index is 13.5. The van der Waals surface area contributed by atoms with Gasteiger partial charge in [-0.15, -0.1) is 11.3 Å². The summed E-state index contributed by atoms with van der Waals surface area (Å²) >= 11 is 0.754. The van der Waals surface area contributed by atoms with Gasteiger partial charge in [-0.3, -0.25) is 4.79 Å². The molecular formula is C15H13F7N2OS. The zero-order valence-electron chi connectivity index (χ0n) is 13.3. The van der Waals surface area contributed by atoms with E-state index < -0.39 is 28.9 Å². The van der Waals surface area contributed by atoms with Crippen LogP contribution in [0.3, 0.4) is 0 Å². The zero-order chi connectivity index (χ0) is 19.9. The first kappa shape index (κ1) is 20.5. The number of anilines is 1. The molecule has 0 aliphatic heterocycles. The van der Waals surface area contributed by atoms with Gasteiger partial charge in [-0.1, -0.05) is 13.3 Å². The average Bonchev–Trinajstić information content (AvgIpc) is 2.89. The molecule has 144 valence electrons. The molecule has 2 rings (SSSR count). The van der Waals surface area contributed by atoms with Gasteiger partial charge in [0, 0.05) is 4.88 Å². The molecule has 1 aliphatic carbocycles. The molecule has 1 N–H and O–H groups in total. The van der Waals surface area contributed by atoms with Crippen LogP contribution < -0.4 is 5.32 Å². The third-order valence-electron chi connectivity index (χ3n) is 4.32. The number of fused-ring (bicyclic) bond motifs is 1. The minimum absolute atomic E-state index is 0.168. The van der Waals surface area contributed by atoms with Crippen LogP contribution in [0.4, 0.5) is 35.7 Å². The Morgan fingerprint density at radius 1 is 1.27 bits per heavy atom. The Morgan fingerprint density at radius 3 is 2.38 bits per heavy atom. The van der Waals surface area contributed by atoms with E-state index >= 15 is 0 Å². The van der Waals surface area contributed by atoms with Crippen molar-refractivity contribution >= 4 is 22.2 Å². The summed E-state index contributed by atoms with van der Waals surface area (Å²) in [5.41, 5.74) is 0.349. The van der Waals surface area contributed by atoms with E-state index in [0.29, 0.717) is 23.3 Å². The summed E-state index contributed by atoms with van der Waals surface area (Å²) in [6, 6.07) is 1.70. The van der Waals surface area contributed by atoms with Crippen LogP contribution in [-0.4, -0.2) is 23.9 Å². The number of thiophene rings is 1. The Morgan fingerprint density at radius 2 is 1.88 bits per heavy atom. The number of halogens is 7. The molecule has 1 aromatic rings. The molecule has 1 aromatic heterocycles. The van der Waals surface area contributed by atoms with Crippen LogP contribution in [0.2, 0.25) is 0 Å². The van der Waals surface area contributed by atoms with Crippen molar-refractivity contribution in [2.45, 2.75) is 50.6 Å². The lowest BCUT2D eigenvalue weighted by Gasteiger charge is -2.26. The van der Waals surface area contributed by atoms with Crippen molar-refractivity contribution in [3.8, 4) is 6.07 Å². The molecule has 0 radical (unpaired) electrons. The lowest BCUT2D eigenvalue weighted by atomic mass is 9.86. The van der Waals surface area contributed by atoms with E-state index in [1.807, 2.05) is 6.92 Å². The van der Waals surface area contributed by atoms with Gasteiger partial charge in [0.25, 0.3) is 0 Å². The molecule has 1 amide bonds. The van der Waals surface area contributed by atoms with Gasteiger partial charge in [0.1, 0.15) is 11.1 Å². The van der Waals surface area contributed by atoms with Gasteiger partial charge < -0.3 is 5.32 Å². The molecule has 0 unspecified atom stereocenters. The normalized spacial score (nSPS) is 18.2. The highest BCUT2D eigenvalue weighted by Gasteiger charge is 2.76. The number of carbonyl (C=O) groups is 1. The summed E-state index contributed by atoms with van der Waals surface area (Å²) < 4.78 is 89.4. The number of rotatable bonds is 4. The van der Waals surface area contributed by atoms with Crippen molar-refractivity contribution in [2.75, 3.05) is 5.32 Å². The van der Waals surface area contributed by atoms with Crippen LogP contribution in [-0.2, 0) is 17.6 Å². The van der Waals surface area contributed by atoms with Crippen molar-refractivity contribution in [3.63, 3.8) is 0 Å². The Labute approximate surface area is 147 Å². The Hall–Kier alpha value is -1.83. The fraction of sp³-hybridized carbons (Fsp3) is 0.600. The topological polar surface area (TPSA) is 52.9 Å². The summed E-state index contributed by atoms with van der Waals surface area (Å²) in [6.07, 6.45) is -4.08. The fourth-order valence-corrected chi connectivity index (χ4v) is 4.02. The standard InChI is InChI=1S/C15H13F7N2OS/c1-2-7-3-4-8-9(6-23)11(26-10(8)5-7)24-12(25)13(16,17)14(18,19)15(20,21)22/h7H,2-5H2,1H3,(H,24,25)/t7-/m1/s1. The lowest BCUT2D eigenvalue weighted by Crippen LogP contribution is -2.57. The largest absolute Gasteiger partial charge is 0.460 e. The summed E-state index contributed by atoms with van der Waals surface area (Å²) in [7, 11) is 0. The first-order chi connectivity index (χ1) is 11.9. The number of nitrogens with one attached hydrogen (secondary N) is 1. The SMILES string of the molecule is CC[C@@H]1CCc2c(sc(NC(=O)C(F)(F)C(F)(F)C(F)(F)F)c2C#N)C1.